The number of hydrogen-bond donors (Lipinski definition) is 0. The molecule has 0 bridgehead atoms. The van der Waals surface area contributed by atoms with Gasteiger partial charge in [0.15, 0.2) is 0 Å². The summed E-state index contributed by atoms with van der Waals surface area (Å²) in [6, 6.07) is 58.9. The van der Waals surface area contributed by atoms with Crippen molar-refractivity contribution in [1.29, 1.82) is 0 Å². The van der Waals surface area contributed by atoms with Crippen LogP contribution in [0, 0.1) is 0 Å². The molecule has 2 heterocycles. The average Bonchev–Trinajstić information content (AvgIpc) is 3.73. The van der Waals surface area contributed by atoms with Crippen LogP contribution in [0.1, 0.15) is 51.7 Å². The van der Waals surface area contributed by atoms with Crippen LogP contribution in [-0.4, -0.2) is 9.13 Å². The average molecular weight is 695 g/mol. The van der Waals surface area contributed by atoms with E-state index in [0.29, 0.717) is 0 Å². The Morgan fingerprint density at radius 2 is 0.944 bits per heavy atom. The van der Waals surface area contributed by atoms with Crippen LogP contribution in [0.15, 0.2) is 158 Å². The van der Waals surface area contributed by atoms with Gasteiger partial charge in [-0.05, 0) is 110 Å². The predicted molar refractivity (Wildman–Crippen MR) is 231 cm³/mol. The van der Waals surface area contributed by atoms with Crippen molar-refractivity contribution >= 4 is 65.2 Å². The molecule has 0 aliphatic heterocycles. The molecular formula is C52H42N2. The molecule has 0 N–H and O–H groups in total. The second kappa shape index (κ2) is 11.2. The first kappa shape index (κ1) is 31.4. The Bertz CT molecular complexity index is 3150. The highest BCUT2D eigenvalue weighted by atomic mass is 15.0. The van der Waals surface area contributed by atoms with E-state index in [2.05, 4.69) is 195 Å². The van der Waals surface area contributed by atoms with Crippen LogP contribution in [0.3, 0.4) is 0 Å². The van der Waals surface area contributed by atoms with Crippen molar-refractivity contribution in [2.45, 2.75) is 51.4 Å². The normalized spacial score (nSPS) is 15.2. The Labute approximate surface area is 315 Å². The molecule has 0 amide bonds. The lowest BCUT2D eigenvalue weighted by Gasteiger charge is -2.42. The molecular weight excluding hydrogens is 653 g/mol. The lowest BCUT2D eigenvalue weighted by molar-refractivity contribution is 0.332. The van der Waals surface area contributed by atoms with Crippen LogP contribution < -0.4 is 0 Å². The van der Waals surface area contributed by atoms with Crippen molar-refractivity contribution in [2.24, 2.45) is 0 Å². The molecule has 0 radical (unpaired) electrons. The molecule has 0 saturated heterocycles. The lowest BCUT2D eigenvalue weighted by atomic mass is 9.63. The summed E-state index contributed by atoms with van der Waals surface area (Å²) in [6.45, 7) is 9.79. The van der Waals surface area contributed by atoms with Gasteiger partial charge in [-0.3, -0.25) is 0 Å². The van der Waals surface area contributed by atoms with Gasteiger partial charge < -0.3 is 9.13 Å². The van der Waals surface area contributed by atoms with E-state index in [1.54, 1.807) is 0 Å². The van der Waals surface area contributed by atoms with Gasteiger partial charge in [0.25, 0.3) is 0 Å². The Morgan fingerprint density at radius 3 is 1.69 bits per heavy atom. The summed E-state index contributed by atoms with van der Waals surface area (Å²) in [4.78, 5) is 0. The molecule has 0 fully saturated rings. The van der Waals surface area contributed by atoms with E-state index in [1.807, 2.05) is 0 Å². The minimum Gasteiger partial charge on any atom is -0.307 e. The number of fused-ring (bicyclic) bond motifs is 12. The van der Waals surface area contributed by atoms with E-state index in [4.69, 9.17) is 0 Å². The molecule has 1 aliphatic carbocycles. The van der Waals surface area contributed by atoms with Crippen LogP contribution in [-0.2, 0) is 10.8 Å². The van der Waals surface area contributed by atoms with Crippen molar-refractivity contribution in [3.05, 3.63) is 169 Å². The number of rotatable bonds is 3. The van der Waals surface area contributed by atoms with Gasteiger partial charge in [-0.1, -0.05) is 143 Å². The van der Waals surface area contributed by atoms with E-state index in [-0.39, 0.29) is 10.8 Å². The van der Waals surface area contributed by atoms with Crippen LogP contribution in [0.4, 0.5) is 0 Å². The molecule has 1 aliphatic rings. The molecule has 0 saturated carbocycles. The number of nitrogens with zero attached hydrogens (tertiary/aromatic N) is 2. The van der Waals surface area contributed by atoms with Gasteiger partial charge in [0.1, 0.15) is 0 Å². The largest absolute Gasteiger partial charge is 0.307 e. The third kappa shape index (κ3) is 4.34. The minimum atomic E-state index is 0.0709. The fourth-order valence-electron chi connectivity index (χ4n) is 9.90. The van der Waals surface area contributed by atoms with Crippen molar-refractivity contribution < 1.29 is 0 Å². The number of benzene rings is 8. The maximum atomic E-state index is 2.62. The molecule has 11 rings (SSSR count). The Hall–Kier alpha value is -6.12. The fraction of sp³-hybridized carbons (Fsp3) is 0.154. The Balaban J connectivity index is 1.39. The molecule has 0 unspecified atom stereocenters. The van der Waals surface area contributed by atoms with Gasteiger partial charge in [-0.25, -0.2) is 0 Å². The van der Waals surface area contributed by atoms with Crippen LogP contribution in [0.25, 0.3) is 87.7 Å². The molecule has 0 atom stereocenters. The highest BCUT2D eigenvalue weighted by Crippen LogP contribution is 2.51. The first-order chi connectivity index (χ1) is 26.3. The zero-order valence-corrected chi connectivity index (χ0v) is 31.3. The van der Waals surface area contributed by atoms with Gasteiger partial charge in [0, 0.05) is 32.9 Å². The van der Waals surface area contributed by atoms with E-state index < -0.39 is 0 Å². The third-order valence-electron chi connectivity index (χ3n) is 12.7. The maximum Gasteiger partial charge on any atom is 0.0795 e. The van der Waals surface area contributed by atoms with E-state index >= 15 is 0 Å². The molecule has 2 nitrogen and oxygen atoms in total. The molecule has 54 heavy (non-hydrogen) atoms. The summed E-state index contributed by atoms with van der Waals surface area (Å²) in [5.74, 6) is 0. The second-order valence-electron chi connectivity index (χ2n) is 16.8. The van der Waals surface area contributed by atoms with E-state index in [0.717, 1.165) is 0 Å². The molecule has 10 aromatic rings. The molecule has 8 aromatic carbocycles. The zero-order chi connectivity index (χ0) is 36.3. The van der Waals surface area contributed by atoms with Crippen molar-refractivity contribution in [1.82, 2.24) is 9.13 Å². The number of aromatic nitrogens is 2. The summed E-state index contributed by atoms with van der Waals surface area (Å²) in [7, 11) is 0. The fourth-order valence-corrected chi connectivity index (χ4v) is 9.90. The molecule has 2 aromatic heterocycles. The quantitative estimate of drug-likeness (QED) is 0.174. The highest BCUT2D eigenvalue weighted by Gasteiger charge is 2.38. The first-order valence-electron chi connectivity index (χ1n) is 19.4. The van der Waals surface area contributed by atoms with Gasteiger partial charge >= 0.3 is 0 Å². The van der Waals surface area contributed by atoms with Crippen LogP contribution in [0.2, 0.25) is 0 Å². The minimum absolute atomic E-state index is 0.0709. The Kier molecular flexibility index (Phi) is 6.51. The maximum absolute atomic E-state index is 2.62. The third-order valence-corrected chi connectivity index (χ3v) is 12.7. The summed E-state index contributed by atoms with van der Waals surface area (Å²) in [5, 5.41) is 10.4. The van der Waals surface area contributed by atoms with Gasteiger partial charge in [0.05, 0.1) is 22.1 Å². The number of hydrogen-bond acceptors (Lipinski definition) is 0. The standard InChI is InChI=1S/C52H42N2/c1-51(2)28-29-52(3,4)44-32-46-42(31-43(44)51)48-40-24-11-10-23-39(40)47-41-25-12-13-27-45(41)53(35-19-6-5-7-20-35)49(47)50(48)54(46)36-21-14-18-34(30-36)38-26-15-17-33-16-8-9-22-37(33)38/h5-27,30-32H,28-29H2,1-4H3. The SMILES string of the molecule is CC1(C)CCC(C)(C)c2cc3c(cc21)c1c2ccccc2c2c4ccccc4n(-c4ccccc4)c2c1n3-c1cccc(-c2cccc3ccccc23)c1. The van der Waals surface area contributed by atoms with Crippen LogP contribution >= 0.6 is 0 Å². The van der Waals surface area contributed by atoms with E-state index in [1.165, 1.54) is 112 Å². The zero-order valence-electron chi connectivity index (χ0n) is 31.3. The topological polar surface area (TPSA) is 9.86 Å². The van der Waals surface area contributed by atoms with Gasteiger partial charge in [-0.2, -0.15) is 0 Å². The number of para-hydroxylation sites is 2. The highest BCUT2D eigenvalue weighted by molar-refractivity contribution is 6.36. The van der Waals surface area contributed by atoms with Crippen molar-refractivity contribution in [2.75, 3.05) is 0 Å². The summed E-state index contributed by atoms with van der Waals surface area (Å²) in [5.41, 5.74) is 12.9. The second-order valence-corrected chi connectivity index (χ2v) is 16.8. The molecule has 260 valence electrons. The lowest BCUT2D eigenvalue weighted by Crippen LogP contribution is -2.33. The van der Waals surface area contributed by atoms with Gasteiger partial charge in [0.2, 0.25) is 0 Å². The van der Waals surface area contributed by atoms with Crippen molar-refractivity contribution in [3.8, 4) is 22.5 Å². The molecule has 0 spiro atoms. The van der Waals surface area contributed by atoms with Crippen molar-refractivity contribution in [3.63, 3.8) is 0 Å². The summed E-state index contributed by atoms with van der Waals surface area (Å²) >= 11 is 0. The molecule has 2 heteroatoms. The van der Waals surface area contributed by atoms with Crippen LogP contribution in [0.5, 0.6) is 0 Å². The summed E-state index contributed by atoms with van der Waals surface area (Å²) < 4.78 is 5.14. The smallest absolute Gasteiger partial charge is 0.0795 e. The monoisotopic (exact) mass is 694 g/mol. The Morgan fingerprint density at radius 1 is 0.407 bits per heavy atom. The van der Waals surface area contributed by atoms with E-state index in [9.17, 15) is 0 Å². The predicted octanol–water partition coefficient (Wildman–Crippen LogP) is 14.2. The first-order valence-corrected chi connectivity index (χ1v) is 19.4. The van der Waals surface area contributed by atoms with Gasteiger partial charge in [-0.15, -0.1) is 0 Å². The summed E-state index contributed by atoms with van der Waals surface area (Å²) in [6.07, 6.45) is 2.35.